The Morgan fingerprint density at radius 3 is 2.44 bits per heavy atom. The molecule has 4 aromatic rings. The first-order valence-corrected chi connectivity index (χ1v) is 11.2. The fraction of sp³-hybridized carbons (Fsp3) is 0.308. The van der Waals surface area contributed by atoms with Crippen molar-refractivity contribution in [1.29, 1.82) is 0 Å². The van der Waals surface area contributed by atoms with Gasteiger partial charge in [0, 0.05) is 35.2 Å². The zero-order chi connectivity index (χ0) is 22.7. The van der Waals surface area contributed by atoms with Crippen molar-refractivity contribution in [1.82, 2.24) is 19.4 Å². The van der Waals surface area contributed by atoms with E-state index in [1.807, 2.05) is 90.9 Å². The average Bonchev–Trinajstić information content (AvgIpc) is 3.45. The maximum atomic E-state index is 13.1. The molecule has 4 rings (SSSR count). The molecule has 166 valence electrons. The van der Waals surface area contributed by atoms with E-state index in [2.05, 4.69) is 16.7 Å². The molecule has 6 heteroatoms. The Morgan fingerprint density at radius 2 is 1.69 bits per heavy atom. The number of fused-ring (bicyclic) bond motifs is 2. The van der Waals surface area contributed by atoms with Crippen molar-refractivity contribution in [3.63, 3.8) is 0 Å². The van der Waals surface area contributed by atoms with Crippen molar-refractivity contribution >= 4 is 22.6 Å². The molecule has 0 radical (unpaired) electrons. The highest BCUT2D eigenvalue weighted by molar-refractivity contribution is 6.01. The quantitative estimate of drug-likeness (QED) is 0.376. The molecule has 4 heterocycles. The summed E-state index contributed by atoms with van der Waals surface area (Å²) >= 11 is 0. The third-order valence-corrected chi connectivity index (χ3v) is 6.21. The molecule has 0 aliphatic carbocycles. The Hall–Kier alpha value is -3.22. The second-order valence-electron chi connectivity index (χ2n) is 8.17. The standard InChI is InChI=1S/C26H30N4O2/c1-4-22(27-2)26(32)24-9-5-7-21-15-18(17-30(21)24)10-11-23(28-3)25(31)19-12-14-29-13-6-8-20(29)16-19/h5-9,12-17,22-23,27-28H,4,10-11H2,1-3H3. The highest BCUT2D eigenvalue weighted by Crippen LogP contribution is 2.18. The second kappa shape index (κ2) is 9.51. The van der Waals surface area contributed by atoms with Crippen LogP contribution in [0.4, 0.5) is 0 Å². The molecule has 0 aliphatic heterocycles. The largest absolute Gasteiger partial charge is 0.324 e. The fourth-order valence-electron chi connectivity index (χ4n) is 4.33. The van der Waals surface area contributed by atoms with Crippen LogP contribution in [0.15, 0.2) is 67.1 Å². The lowest BCUT2D eigenvalue weighted by Crippen LogP contribution is -2.34. The Kier molecular flexibility index (Phi) is 6.53. The van der Waals surface area contributed by atoms with Gasteiger partial charge in [-0.25, -0.2) is 0 Å². The molecule has 0 saturated heterocycles. The third kappa shape index (κ3) is 4.24. The lowest BCUT2D eigenvalue weighted by atomic mass is 9.99. The van der Waals surface area contributed by atoms with Gasteiger partial charge >= 0.3 is 0 Å². The first-order valence-electron chi connectivity index (χ1n) is 11.2. The van der Waals surface area contributed by atoms with E-state index in [1.165, 1.54) is 0 Å². The summed E-state index contributed by atoms with van der Waals surface area (Å²) in [6.45, 7) is 2.00. The number of nitrogens with one attached hydrogen (secondary N) is 2. The normalized spacial score (nSPS) is 13.5. The molecule has 0 bridgehead atoms. The zero-order valence-electron chi connectivity index (χ0n) is 18.8. The van der Waals surface area contributed by atoms with E-state index in [0.717, 1.165) is 29.4 Å². The number of carbonyl (C=O) groups excluding carboxylic acids is 2. The summed E-state index contributed by atoms with van der Waals surface area (Å²) < 4.78 is 3.96. The SMILES string of the molecule is CCC(NC)C(=O)c1cccc2cc(CCC(NC)C(=O)c3ccn4cccc4c3)cn12. The molecule has 2 atom stereocenters. The summed E-state index contributed by atoms with van der Waals surface area (Å²) in [5.74, 6) is 0.183. The average molecular weight is 431 g/mol. The van der Waals surface area contributed by atoms with E-state index in [0.29, 0.717) is 17.7 Å². The van der Waals surface area contributed by atoms with Crippen molar-refractivity contribution in [3.05, 3.63) is 83.9 Å². The number of Topliss-reactive ketones (excluding diaryl/α,β-unsaturated/α-hetero) is 2. The Labute approximate surface area is 188 Å². The summed E-state index contributed by atoms with van der Waals surface area (Å²) in [5, 5.41) is 6.28. The van der Waals surface area contributed by atoms with Crippen LogP contribution in [0.5, 0.6) is 0 Å². The summed E-state index contributed by atoms with van der Waals surface area (Å²) in [6.07, 6.45) is 8.06. The molecule has 4 aromatic heterocycles. The van der Waals surface area contributed by atoms with Gasteiger partial charge in [0.2, 0.25) is 0 Å². The van der Waals surface area contributed by atoms with Crippen LogP contribution in [0.3, 0.4) is 0 Å². The molecular weight excluding hydrogens is 400 g/mol. The predicted molar refractivity (Wildman–Crippen MR) is 128 cm³/mol. The van der Waals surface area contributed by atoms with Crippen molar-refractivity contribution in [2.75, 3.05) is 14.1 Å². The smallest absolute Gasteiger partial charge is 0.196 e. The van der Waals surface area contributed by atoms with E-state index in [9.17, 15) is 9.59 Å². The number of carbonyl (C=O) groups is 2. The second-order valence-corrected chi connectivity index (χ2v) is 8.17. The molecule has 0 fully saturated rings. The monoisotopic (exact) mass is 430 g/mol. The molecule has 6 nitrogen and oxygen atoms in total. The van der Waals surface area contributed by atoms with Crippen LogP contribution >= 0.6 is 0 Å². The summed E-state index contributed by atoms with van der Waals surface area (Å²) in [4.78, 5) is 26.0. The predicted octanol–water partition coefficient (Wildman–Crippen LogP) is 3.78. The van der Waals surface area contributed by atoms with Gasteiger partial charge < -0.3 is 19.4 Å². The molecule has 0 aromatic carbocycles. The number of aromatic nitrogens is 2. The van der Waals surface area contributed by atoms with Crippen LogP contribution in [0.2, 0.25) is 0 Å². The molecule has 2 N–H and O–H groups in total. The van der Waals surface area contributed by atoms with Crippen molar-refractivity contribution in [2.45, 2.75) is 38.3 Å². The number of likely N-dealkylation sites (N-methyl/N-ethyl adjacent to an activating group) is 2. The highest BCUT2D eigenvalue weighted by Gasteiger charge is 2.21. The van der Waals surface area contributed by atoms with Gasteiger partial charge in [-0.05, 0) is 81.4 Å². The van der Waals surface area contributed by atoms with Gasteiger partial charge in [-0.3, -0.25) is 9.59 Å². The fourth-order valence-corrected chi connectivity index (χ4v) is 4.33. The van der Waals surface area contributed by atoms with Crippen LogP contribution in [-0.4, -0.2) is 46.5 Å². The van der Waals surface area contributed by atoms with Crippen LogP contribution < -0.4 is 10.6 Å². The molecule has 0 spiro atoms. The number of aryl methyl sites for hydroxylation is 1. The number of hydrogen-bond donors (Lipinski definition) is 2. The lowest BCUT2D eigenvalue weighted by Gasteiger charge is -2.15. The Balaban J connectivity index is 1.52. The van der Waals surface area contributed by atoms with Gasteiger partial charge in [0.1, 0.15) is 0 Å². The van der Waals surface area contributed by atoms with Crippen LogP contribution in [0.1, 0.15) is 46.2 Å². The van der Waals surface area contributed by atoms with E-state index in [1.54, 1.807) is 0 Å². The third-order valence-electron chi connectivity index (χ3n) is 6.21. The van der Waals surface area contributed by atoms with Gasteiger partial charge in [0.05, 0.1) is 17.8 Å². The van der Waals surface area contributed by atoms with Crippen LogP contribution in [0, 0.1) is 0 Å². The van der Waals surface area contributed by atoms with Crippen molar-refractivity contribution in [3.8, 4) is 0 Å². The number of hydrogen-bond acceptors (Lipinski definition) is 4. The lowest BCUT2D eigenvalue weighted by molar-refractivity contribution is 0.0933. The van der Waals surface area contributed by atoms with Crippen LogP contribution in [0.25, 0.3) is 11.0 Å². The van der Waals surface area contributed by atoms with Gasteiger partial charge in [-0.2, -0.15) is 0 Å². The maximum absolute atomic E-state index is 13.1. The maximum Gasteiger partial charge on any atom is 0.196 e. The first-order chi connectivity index (χ1) is 15.5. The van der Waals surface area contributed by atoms with Crippen molar-refractivity contribution in [2.24, 2.45) is 0 Å². The molecule has 0 aliphatic rings. The van der Waals surface area contributed by atoms with E-state index in [-0.39, 0.29) is 23.7 Å². The highest BCUT2D eigenvalue weighted by atomic mass is 16.1. The molecule has 0 amide bonds. The molecule has 2 unspecified atom stereocenters. The Morgan fingerprint density at radius 1 is 0.906 bits per heavy atom. The minimum Gasteiger partial charge on any atom is -0.324 e. The van der Waals surface area contributed by atoms with Gasteiger partial charge in [0.25, 0.3) is 0 Å². The first kappa shape index (κ1) is 22.0. The van der Waals surface area contributed by atoms with Gasteiger partial charge in [-0.1, -0.05) is 13.0 Å². The number of ketones is 2. The minimum atomic E-state index is -0.273. The molecule has 0 saturated carbocycles. The number of nitrogens with zero attached hydrogens (tertiary/aromatic N) is 2. The summed E-state index contributed by atoms with van der Waals surface area (Å²) in [5.41, 5.74) is 4.49. The van der Waals surface area contributed by atoms with Gasteiger partial charge in [-0.15, -0.1) is 0 Å². The molecule has 32 heavy (non-hydrogen) atoms. The number of rotatable bonds is 10. The van der Waals surface area contributed by atoms with E-state index in [4.69, 9.17) is 0 Å². The summed E-state index contributed by atoms with van der Waals surface area (Å²) in [6, 6.07) is 15.2. The zero-order valence-corrected chi connectivity index (χ0v) is 18.8. The van der Waals surface area contributed by atoms with E-state index < -0.39 is 0 Å². The minimum absolute atomic E-state index is 0.0896. The molecular formula is C26H30N4O2. The van der Waals surface area contributed by atoms with Gasteiger partial charge in [0.15, 0.2) is 11.6 Å². The summed E-state index contributed by atoms with van der Waals surface area (Å²) in [7, 11) is 3.64. The van der Waals surface area contributed by atoms with Crippen LogP contribution in [-0.2, 0) is 6.42 Å². The van der Waals surface area contributed by atoms with Crippen molar-refractivity contribution < 1.29 is 9.59 Å². The number of pyridine rings is 2. The topological polar surface area (TPSA) is 67.0 Å². The van der Waals surface area contributed by atoms with E-state index >= 15 is 0 Å². The Bertz CT molecular complexity index is 1250.